The van der Waals surface area contributed by atoms with Crippen molar-refractivity contribution < 1.29 is 14.3 Å². The zero-order chi connectivity index (χ0) is 20.4. The van der Waals surface area contributed by atoms with Crippen molar-refractivity contribution in [2.45, 2.75) is 6.92 Å². The van der Waals surface area contributed by atoms with Crippen LogP contribution in [0.4, 0.5) is 5.69 Å². The van der Waals surface area contributed by atoms with Gasteiger partial charge in [-0.25, -0.2) is 0 Å². The van der Waals surface area contributed by atoms with Crippen LogP contribution in [0.3, 0.4) is 0 Å². The van der Waals surface area contributed by atoms with Gasteiger partial charge in [0.25, 0.3) is 11.8 Å². The van der Waals surface area contributed by atoms with Gasteiger partial charge in [-0.1, -0.05) is 34.8 Å². The molecule has 0 unspecified atom stereocenters. The van der Waals surface area contributed by atoms with Crippen molar-refractivity contribution in [2.75, 3.05) is 11.5 Å². The van der Waals surface area contributed by atoms with Gasteiger partial charge in [0.15, 0.2) is 5.11 Å². The van der Waals surface area contributed by atoms with E-state index in [4.69, 9.17) is 51.8 Å². The number of thiocarbonyl (C=S) groups is 1. The van der Waals surface area contributed by atoms with Gasteiger partial charge in [0.1, 0.15) is 11.3 Å². The maximum atomic E-state index is 13.1. The van der Waals surface area contributed by atoms with Crippen LogP contribution < -0.4 is 15.0 Å². The van der Waals surface area contributed by atoms with Crippen molar-refractivity contribution >= 4 is 75.7 Å². The lowest BCUT2D eigenvalue weighted by molar-refractivity contribution is -0.122. The van der Waals surface area contributed by atoms with E-state index in [1.165, 1.54) is 17.0 Å². The van der Waals surface area contributed by atoms with Gasteiger partial charge in [0.2, 0.25) is 0 Å². The molecule has 0 spiro atoms. The number of nitrogens with zero attached hydrogens (tertiary/aromatic N) is 1. The van der Waals surface area contributed by atoms with Gasteiger partial charge >= 0.3 is 0 Å². The van der Waals surface area contributed by atoms with E-state index >= 15 is 0 Å². The van der Waals surface area contributed by atoms with Gasteiger partial charge in [0, 0.05) is 10.6 Å². The first kappa shape index (κ1) is 20.6. The summed E-state index contributed by atoms with van der Waals surface area (Å²) in [6.45, 7) is 2.24. The van der Waals surface area contributed by atoms with E-state index in [0.29, 0.717) is 33.7 Å². The molecule has 1 N–H and O–H groups in total. The van der Waals surface area contributed by atoms with E-state index in [-0.39, 0.29) is 15.7 Å². The minimum Gasteiger partial charge on any atom is -0.493 e. The predicted octanol–water partition coefficient (Wildman–Crippen LogP) is 4.88. The van der Waals surface area contributed by atoms with E-state index < -0.39 is 11.8 Å². The van der Waals surface area contributed by atoms with Gasteiger partial charge in [-0.15, -0.1) is 0 Å². The van der Waals surface area contributed by atoms with Gasteiger partial charge < -0.3 is 4.74 Å². The number of rotatable bonds is 4. The molecule has 9 heteroatoms. The average molecular weight is 456 g/mol. The van der Waals surface area contributed by atoms with Gasteiger partial charge in [0.05, 0.1) is 22.3 Å². The number of anilines is 1. The Balaban J connectivity index is 2.06. The van der Waals surface area contributed by atoms with E-state index in [1.54, 1.807) is 30.3 Å². The van der Waals surface area contributed by atoms with E-state index in [9.17, 15) is 9.59 Å². The molecule has 0 saturated carbocycles. The van der Waals surface area contributed by atoms with Gasteiger partial charge in [-0.05, 0) is 61.6 Å². The minimum atomic E-state index is -0.617. The van der Waals surface area contributed by atoms with Crippen LogP contribution in [0.25, 0.3) is 6.08 Å². The van der Waals surface area contributed by atoms with Crippen LogP contribution in [0.1, 0.15) is 12.5 Å². The summed E-state index contributed by atoms with van der Waals surface area (Å²) in [5.41, 5.74) is 0.754. The highest BCUT2D eigenvalue weighted by atomic mass is 35.5. The summed E-state index contributed by atoms with van der Waals surface area (Å²) < 4.78 is 5.55. The van der Waals surface area contributed by atoms with Crippen LogP contribution in [0.2, 0.25) is 15.1 Å². The number of amides is 2. The number of nitrogens with one attached hydrogen (secondary N) is 1. The number of ether oxygens (including phenoxy) is 1. The van der Waals surface area contributed by atoms with Crippen molar-refractivity contribution in [2.24, 2.45) is 0 Å². The molecule has 0 atom stereocenters. The predicted molar refractivity (Wildman–Crippen MR) is 115 cm³/mol. The summed E-state index contributed by atoms with van der Waals surface area (Å²) in [6.07, 6.45) is 1.42. The molecule has 144 valence electrons. The molecule has 2 aromatic rings. The zero-order valence-corrected chi connectivity index (χ0v) is 17.5. The fraction of sp³-hybridized carbons (Fsp3) is 0.105. The SMILES string of the molecule is CCOc1ccc(Cl)cc1/C=C1\C(=O)NC(=S)N(c2ccc(Cl)c(Cl)c2)C1=O. The first-order valence-corrected chi connectivity index (χ1v) is 9.65. The summed E-state index contributed by atoms with van der Waals surface area (Å²) in [6, 6.07) is 9.56. The van der Waals surface area contributed by atoms with Crippen molar-refractivity contribution in [3.8, 4) is 5.75 Å². The van der Waals surface area contributed by atoms with E-state index in [2.05, 4.69) is 5.32 Å². The molecule has 0 bridgehead atoms. The minimum absolute atomic E-state index is 0.0540. The molecule has 1 saturated heterocycles. The Kier molecular flexibility index (Phi) is 6.25. The molecule has 1 aliphatic heterocycles. The molecule has 28 heavy (non-hydrogen) atoms. The fourth-order valence-electron chi connectivity index (χ4n) is 2.59. The van der Waals surface area contributed by atoms with Gasteiger partial charge in [-0.3, -0.25) is 19.8 Å². The Labute approximate surface area is 181 Å². The highest BCUT2D eigenvalue weighted by molar-refractivity contribution is 7.80. The number of hydrogen-bond acceptors (Lipinski definition) is 4. The van der Waals surface area contributed by atoms with Crippen molar-refractivity contribution in [3.05, 3.63) is 62.6 Å². The fourth-order valence-corrected chi connectivity index (χ4v) is 3.34. The Morgan fingerprint density at radius 3 is 2.54 bits per heavy atom. The molecule has 2 aromatic carbocycles. The number of halogens is 3. The Hall–Kier alpha value is -2.12. The molecular weight excluding hydrogens is 443 g/mol. The monoisotopic (exact) mass is 454 g/mol. The summed E-state index contributed by atoms with van der Waals surface area (Å²) in [7, 11) is 0. The third kappa shape index (κ3) is 4.15. The molecule has 1 heterocycles. The van der Waals surface area contributed by atoms with Crippen LogP contribution >= 0.6 is 47.0 Å². The first-order chi connectivity index (χ1) is 13.3. The van der Waals surface area contributed by atoms with Crippen molar-refractivity contribution in [1.82, 2.24) is 5.32 Å². The second-order valence-electron chi connectivity index (χ2n) is 5.67. The topological polar surface area (TPSA) is 58.6 Å². The Morgan fingerprint density at radius 2 is 1.86 bits per heavy atom. The lowest BCUT2D eigenvalue weighted by atomic mass is 10.1. The normalized spacial score (nSPS) is 15.8. The summed E-state index contributed by atoms with van der Waals surface area (Å²) in [4.78, 5) is 26.7. The summed E-state index contributed by atoms with van der Waals surface area (Å²) >= 11 is 23.2. The molecule has 3 rings (SSSR count). The molecule has 2 amide bonds. The molecular formula is C19H13Cl3N2O3S. The maximum Gasteiger partial charge on any atom is 0.270 e. The Bertz CT molecular complexity index is 1020. The highest BCUT2D eigenvalue weighted by Gasteiger charge is 2.34. The number of hydrogen-bond donors (Lipinski definition) is 1. The lowest BCUT2D eigenvalue weighted by Crippen LogP contribution is -2.54. The molecule has 0 aromatic heterocycles. The molecule has 5 nitrogen and oxygen atoms in total. The number of carbonyl (C=O) groups is 2. The van der Waals surface area contributed by atoms with Crippen LogP contribution in [-0.2, 0) is 9.59 Å². The van der Waals surface area contributed by atoms with Crippen molar-refractivity contribution in [3.63, 3.8) is 0 Å². The summed E-state index contributed by atoms with van der Waals surface area (Å²) in [5, 5.41) is 3.48. The number of carbonyl (C=O) groups excluding carboxylic acids is 2. The van der Waals surface area contributed by atoms with Crippen LogP contribution in [-0.4, -0.2) is 23.5 Å². The molecule has 0 radical (unpaired) electrons. The quantitative estimate of drug-likeness (QED) is 0.406. The van der Waals surface area contributed by atoms with Crippen LogP contribution in [0.5, 0.6) is 5.75 Å². The highest BCUT2D eigenvalue weighted by Crippen LogP contribution is 2.31. The van der Waals surface area contributed by atoms with Crippen LogP contribution in [0.15, 0.2) is 42.0 Å². The first-order valence-electron chi connectivity index (χ1n) is 8.10. The lowest BCUT2D eigenvalue weighted by Gasteiger charge is -2.29. The molecule has 1 aliphatic rings. The largest absolute Gasteiger partial charge is 0.493 e. The van der Waals surface area contributed by atoms with E-state index in [1.807, 2.05) is 6.92 Å². The number of benzene rings is 2. The molecule has 1 fully saturated rings. The third-order valence-electron chi connectivity index (χ3n) is 3.83. The van der Waals surface area contributed by atoms with Crippen LogP contribution in [0, 0.1) is 0 Å². The van der Waals surface area contributed by atoms with Gasteiger partial charge in [-0.2, -0.15) is 0 Å². The summed E-state index contributed by atoms with van der Waals surface area (Å²) in [5.74, 6) is -0.725. The van der Waals surface area contributed by atoms with E-state index in [0.717, 1.165) is 0 Å². The smallest absolute Gasteiger partial charge is 0.270 e. The average Bonchev–Trinajstić information content (AvgIpc) is 2.63. The standard InChI is InChI=1S/C19H13Cl3N2O3S/c1-2-27-16-6-3-11(20)7-10(16)8-13-17(25)23-19(28)24(18(13)26)12-4-5-14(21)15(22)9-12/h3-9H,2H2,1H3,(H,23,25,28)/b13-8+. The molecule has 0 aliphatic carbocycles. The zero-order valence-electron chi connectivity index (χ0n) is 14.5. The van der Waals surface area contributed by atoms with Crippen molar-refractivity contribution in [1.29, 1.82) is 0 Å². The second-order valence-corrected chi connectivity index (χ2v) is 7.31. The third-order valence-corrected chi connectivity index (χ3v) is 5.09. The second kappa shape index (κ2) is 8.49. The Morgan fingerprint density at radius 1 is 1.11 bits per heavy atom. The maximum absolute atomic E-state index is 13.1.